The molecule has 1 aromatic carbocycles. The van der Waals surface area contributed by atoms with Gasteiger partial charge in [-0.1, -0.05) is 0 Å². The Kier molecular flexibility index (Phi) is 4.47. The summed E-state index contributed by atoms with van der Waals surface area (Å²) in [6.07, 6.45) is 6.24. The van der Waals surface area contributed by atoms with Crippen molar-refractivity contribution in [3.63, 3.8) is 0 Å². The second kappa shape index (κ2) is 6.21. The van der Waals surface area contributed by atoms with Crippen molar-refractivity contribution in [3.05, 3.63) is 27.8 Å². The van der Waals surface area contributed by atoms with Gasteiger partial charge >= 0.3 is 0 Å². The summed E-state index contributed by atoms with van der Waals surface area (Å²) in [5.74, 6) is 1.74. The number of hydrogen-bond acceptors (Lipinski definition) is 3. The zero-order valence-corrected chi connectivity index (χ0v) is 14.5. The highest BCUT2D eigenvalue weighted by Gasteiger charge is 2.34. The molecule has 2 unspecified atom stereocenters. The average Bonchev–Trinajstić information content (AvgIpc) is 2.91. The molecule has 1 heterocycles. The normalized spacial score (nSPS) is 25.3. The molecule has 0 radical (unpaired) electrons. The SMILES string of the molecule is COc1c(C)c2c(c(C)c1C1CC(CN)CN1C)CCCC2. The maximum absolute atomic E-state index is 5.93. The Hall–Kier alpha value is -1.06. The topological polar surface area (TPSA) is 38.5 Å². The van der Waals surface area contributed by atoms with Crippen LogP contribution in [0.25, 0.3) is 0 Å². The largest absolute Gasteiger partial charge is 0.496 e. The van der Waals surface area contributed by atoms with Crippen molar-refractivity contribution in [1.82, 2.24) is 4.90 Å². The van der Waals surface area contributed by atoms with Crippen LogP contribution < -0.4 is 10.5 Å². The third-order valence-electron chi connectivity index (χ3n) is 5.87. The molecule has 2 atom stereocenters. The van der Waals surface area contributed by atoms with Gasteiger partial charge in [0.05, 0.1) is 7.11 Å². The highest BCUT2D eigenvalue weighted by molar-refractivity contribution is 5.57. The number of fused-ring (bicyclic) bond motifs is 1. The van der Waals surface area contributed by atoms with Crippen molar-refractivity contribution >= 4 is 0 Å². The van der Waals surface area contributed by atoms with Crippen molar-refractivity contribution in [2.24, 2.45) is 11.7 Å². The lowest BCUT2D eigenvalue weighted by atomic mass is 9.80. The summed E-state index contributed by atoms with van der Waals surface area (Å²) in [6.45, 7) is 6.44. The summed E-state index contributed by atoms with van der Waals surface area (Å²) in [5.41, 5.74) is 13.4. The second-order valence-electron chi connectivity index (χ2n) is 7.15. The Labute approximate surface area is 134 Å². The standard InChI is InChI=1S/C19H30N2O/c1-12-15-7-5-6-8-16(15)13(2)19(22-4)18(12)17-9-14(10-20)11-21(17)3/h14,17H,5-11,20H2,1-4H3. The number of hydrogen-bond donors (Lipinski definition) is 1. The van der Waals surface area contributed by atoms with Crippen LogP contribution in [-0.4, -0.2) is 32.1 Å². The van der Waals surface area contributed by atoms with Crippen molar-refractivity contribution in [2.75, 3.05) is 27.2 Å². The molecule has 0 amide bonds. The van der Waals surface area contributed by atoms with Crippen LogP contribution in [0.2, 0.25) is 0 Å². The van der Waals surface area contributed by atoms with Gasteiger partial charge < -0.3 is 10.5 Å². The van der Waals surface area contributed by atoms with Gasteiger partial charge in [-0.25, -0.2) is 0 Å². The van der Waals surface area contributed by atoms with Crippen molar-refractivity contribution in [3.8, 4) is 5.75 Å². The third kappa shape index (κ3) is 2.44. The molecule has 1 aliphatic carbocycles. The molecule has 1 fully saturated rings. The van der Waals surface area contributed by atoms with E-state index < -0.39 is 0 Å². The van der Waals surface area contributed by atoms with Crippen LogP contribution in [0, 0.1) is 19.8 Å². The fourth-order valence-corrected chi connectivity index (χ4v) is 4.68. The minimum atomic E-state index is 0.453. The van der Waals surface area contributed by atoms with E-state index in [1.807, 2.05) is 7.11 Å². The summed E-state index contributed by atoms with van der Waals surface area (Å²) in [4.78, 5) is 2.47. The molecular weight excluding hydrogens is 272 g/mol. The molecule has 2 N–H and O–H groups in total. The lowest BCUT2D eigenvalue weighted by Gasteiger charge is -2.30. The summed E-state index contributed by atoms with van der Waals surface area (Å²) < 4.78 is 5.89. The highest BCUT2D eigenvalue weighted by Crippen LogP contribution is 2.45. The van der Waals surface area contributed by atoms with E-state index in [4.69, 9.17) is 10.5 Å². The van der Waals surface area contributed by atoms with Gasteiger partial charge in [-0.3, -0.25) is 4.90 Å². The number of methoxy groups -OCH3 is 1. The Bertz CT molecular complexity index is 567. The minimum Gasteiger partial charge on any atom is -0.496 e. The van der Waals surface area contributed by atoms with E-state index >= 15 is 0 Å². The molecule has 2 aliphatic rings. The van der Waals surface area contributed by atoms with Crippen LogP contribution in [0.3, 0.4) is 0 Å². The first-order valence-corrected chi connectivity index (χ1v) is 8.67. The molecule has 3 heteroatoms. The summed E-state index contributed by atoms with van der Waals surface area (Å²) >= 11 is 0. The van der Waals surface area contributed by atoms with E-state index in [-0.39, 0.29) is 0 Å². The molecule has 0 spiro atoms. The van der Waals surface area contributed by atoms with Crippen LogP contribution in [0.5, 0.6) is 5.75 Å². The fraction of sp³-hybridized carbons (Fsp3) is 0.684. The van der Waals surface area contributed by atoms with Crippen LogP contribution in [0.15, 0.2) is 0 Å². The Morgan fingerprint density at radius 3 is 2.32 bits per heavy atom. The van der Waals surface area contributed by atoms with Gasteiger partial charge in [-0.2, -0.15) is 0 Å². The van der Waals surface area contributed by atoms with Gasteiger partial charge in [0, 0.05) is 18.2 Å². The van der Waals surface area contributed by atoms with Crippen LogP contribution in [0.1, 0.15) is 53.1 Å². The third-order valence-corrected chi connectivity index (χ3v) is 5.87. The molecule has 122 valence electrons. The summed E-state index contributed by atoms with van der Waals surface area (Å²) in [6, 6.07) is 0.453. The van der Waals surface area contributed by atoms with E-state index in [1.54, 1.807) is 11.1 Å². The predicted octanol–water partition coefficient (Wildman–Crippen LogP) is 3.14. The Morgan fingerprint density at radius 2 is 1.77 bits per heavy atom. The molecule has 1 aliphatic heterocycles. The number of likely N-dealkylation sites (tertiary alicyclic amines) is 1. The lowest BCUT2D eigenvalue weighted by molar-refractivity contribution is 0.301. The number of ether oxygens (including phenoxy) is 1. The second-order valence-corrected chi connectivity index (χ2v) is 7.15. The number of benzene rings is 1. The van der Waals surface area contributed by atoms with Crippen LogP contribution >= 0.6 is 0 Å². The van der Waals surface area contributed by atoms with E-state index in [0.717, 1.165) is 25.3 Å². The quantitative estimate of drug-likeness (QED) is 0.932. The Morgan fingerprint density at radius 1 is 1.14 bits per heavy atom. The lowest BCUT2D eigenvalue weighted by Crippen LogP contribution is -2.22. The zero-order chi connectivity index (χ0) is 15.9. The van der Waals surface area contributed by atoms with Crippen molar-refractivity contribution < 1.29 is 4.74 Å². The zero-order valence-electron chi connectivity index (χ0n) is 14.5. The molecule has 3 nitrogen and oxygen atoms in total. The van der Waals surface area contributed by atoms with Gasteiger partial charge in [-0.05, 0) is 87.7 Å². The molecule has 0 bridgehead atoms. The van der Waals surface area contributed by atoms with Gasteiger partial charge in [0.2, 0.25) is 0 Å². The molecule has 0 aromatic heterocycles. The number of nitrogens with zero attached hydrogens (tertiary/aromatic N) is 1. The molecule has 1 saturated heterocycles. The monoisotopic (exact) mass is 302 g/mol. The molecular formula is C19H30N2O. The molecule has 0 saturated carbocycles. The van der Waals surface area contributed by atoms with Gasteiger partial charge in [-0.15, -0.1) is 0 Å². The maximum atomic E-state index is 5.93. The van der Waals surface area contributed by atoms with Crippen LogP contribution in [0.4, 0.5) is 0 Å². The van der Waals surface area contributed by atoms with E-state index in [9.17, 15) is 0 Å². The summed E-state index contributed by atoms with van der Waals surface area (Å²) in [5, 5.41) is 0. The van der Waals surface area contributed by atoms with E-state index in [0.29, 0.717) is 12.0 Å². The smallest absolute Gasteiger partial charge is 0.127 e. The van der Waals surface area contributed by atoms with Crippen molar-refractivity contribution in [1.29, 1.82) is 0 Å². The van der Waals surface area contributed by atoms with Crippen molar-refractivity contribution in [2.45, 2.75) is 52.0 Å². The van der Waals surface area contributed by atoms with Crippen LogP contribution in [-0.2, 0) is 12.8 Å². The first kappa shape index (κ1) is 15.8. The van der Waals surface area contributed by atoms with Gasteiger partial charge in [0.1, 0.15) is 5.75 Å². The van der Waals surface area contributed by atoms with E-state index in [1.165, 1.54) is 42.4 Å². The molecule has 22 heavy (non-hydrogen) atoms. The number of nitrogens with two attached hydrogens (primary N) is 1. The Balaban J connectivity index is 2.12. The fourth-order valence-electron chi connectivity index (χ4n) is 4.68. The highest BCUT2D eigenvalue weighted by atomic mass is 16.5. The molecule has 1 aromatic rings. The predicted molar refractivity (Wildman–Crippen MR) is 91.6 cm³/mol. The minimum absolute atomic E-state index is 0.453. The van der Waals surface area contributed by atoms with Gasteiger partial charge in [0.15, 0.2) is 0 Å². The molecule has 3 rings (SSSR count). The first-order chi connectivity index (χ1) is 10.6. The van der Waals surface area contributed by atoms with Gasteiger partial charge in [0.25, 0.3) is 0 Å². The first-order valence-electron chi connectivity index (χ1n) is 8.67. The number of rotatable bonds is 3. The van der Waals surface area contributed by atoms with E-state index in [2.05, 4.69) is 25.8 Å². The summed E-state index contributed by atoms with van der Waals surface area (Å²) in [7, 11) is 4.06. The average molecular weight is 302 g/mol. The maximum Gasteiger partial charge on any atom is 0.127 e.